The number of aryl methyl sites for hydroxylation is 2. The van der Waals surface area contributed by atoms with E-state index in [4.69, 9.17) is 4.52 Å². The molecule has 26 heavy (non-hydrogen) atoms. The first-order valence-corrected chi connectivity index (χ1v) is 10.5. The quantitative estimate of drug-likeness (QED) is 0.398. The van der Waals surface area contributed by atoms with Crippen molar-refractivity contribution in [3.05, 3.63) is 57.5 Å². The van der Waals surface area contributed by atoms with E-state index in [2.05, 4.69) is 55.3 Å². The molecule has 0 aliphatic heterocycles. The van der Waals surface area contributed by atoms with E-state index in [0.717, 1.165) is 26.0 Å². The smallest absolute Gasteiger partial charge is 0.237 e. The van der Waals surface area contributed by atoms with Gasteiger partial charge in [0.2, 0.25) is 11.7 Å². The van der Waals surface area contributed by atoms with Gasteiger partial charge in [0.1, 0.15) is 5.82 Å². The van der Waals surface area contributed by atoms with Gasteiger partial charge in [-0.05, 0) is 47.5 Å². The molecule has 3 aromatic heterocycles. The fourth-order valence-electron chi connectivity index (χ4n) is 2.50. The minimum Gasteiger partial charge on any atom is -0.338 e. The van der Waals surface area contributed by atoms with E-state index >= 15 is 0 Å². The molecule has 132 valence electrons. The van der Waals surface area contributed by atoms with Crippen LogP contribution in [0.25, 0.3) is 16.4 Å². The molecule has 4 rings (SSSR count). The third-order valence-corrected chi connectivity index (χ3v) is 6.33. The molecule has 0 saturated carbocycles. The third kappa shape index (κ3) is 3.46. The molecule has 1 aromatic carbocycles. The van der Waals surface area contributed by atoms with Gasteiger partial charge >= 0.3 is 0 Å². The Bertz CT molecular complexity index is 1060. The minimum absolute atomic E-state index is 0.531. The fourth-order valence-corrected chi connectivity index (χ4v) is 4.68. The van der Waals surface area contributed by atoms with Gasteiger partial charge in [0.15, 0.2) is 5.16 Å². The van der Waals surface area contributed by atoms with Crippen molar-refractivity contribution in [3.63, 3.8) is 0 Å². The van der Waals surface area contributed by atoms with E-state index < -0.39 is 0 Å². The van der Waals surface area contributed by atoms with E-state index in [1.54, 1.807) is 11.3 Å². The summed E-state index contributed by atoms with van der Waals surface area (Å²) in [6, 6.07) is 10.2. The van der Waals surface area contributed by atoms with Gasteiger partial charge in [-0.1, -0.05) is 35.1 Å². The van der Waals surface area contributed by atoms with Crippen LogP contribution in [0.15, 0.2) is 49.9 Å². The van der Waals surface area contributed by atoms with Crippen molar-refractivity contribution < 1.29 is 4.52 Å². The van der Waals surface area contributed by atoms with Gasteiger partial charge in [0.05, 0.1) is 16.3 Å². The number of thioether (sulfide) groups is 1. The zero-order valence-electron chi connectivity index (χ0n) is 14.0. The SMILES string of the molecule is Cc1ccccc1-n1c(C)nnc1SCc1nc(-c2cc(Br)cs2)no1. The van der Waals surface area contributed by atoms with Crippen molar-refractivity contribution in [2.45, 2.75) is 24.8 Å². The van der Waals surface area contributed by atoms with Crippen molar-refractivity contribution in [3.8, 4) is 16.4 Å². The Kier molecular flexibility index (Phi) is 4.92. The lowest BCUT2D eigenvalue weighted by atomic mass is 10.2. The third-order valence-electron chi connectivity index (χ3n) is 3.73. The summed E-state index contributed by atoms with van der Waals surface area (Å²) in [4.78, 5) is 5.44. The van der Waals surface area contributed by atoms with E-state index in [-0.39, 0.29) is 0 Å². The van der Waals surface area contributed by atoms with E-state index in [9.17, 15) is 0 Å². The van der Waals surface area contributed by atoms with Gasteiger partial charge in [-0.2, -0.15) is 4.98 Å². The molecular weight excluding hydrogens is 434 g/mol. The Morgan fingerprint density at radius 2 is 2.08 bits per heavy atom. The second kappa shape index (κ2) is 7.34. The molecule has 0 saturated heterocycles. The number of rotatable bonds is 5. The Labute approximate surface area is 166 Å². The van der Waals surface area contributed by atoms with Crippen LogP contribution in [0.3, 0.4) is 0 Å². The summed E-state index contributed by atoms with van der Waals surface area (Å²) in [5, 5.41) is 15.4. The fraction of sp³-hybridized carbons (Fsp3) is 0.176. The van der Waals surface area contributed by atoms with Crippen LogP contribution in [-0.4, -0.2) is 24.9 Å². The van der Waals surface area contributed by atoms with Crippen LogP contribution in [-0.2, 0) is 5.75 Å². The summed E-state index contributed by atoms with van der Waals surface area (Å²) in [5.41, 5.74) is 2.24. The number of hydrogen-bond acceptors (Lipinski definition) is 7. The van der Waals surface area contributed by atoms with Gasteiger partial charge in [0, 0.05) is 9.85 Å². The van der Waals surface area contributed by atoms with Crippen LogP contribution in [0.1, 0.15) is 17.3 Å². The average molecular weight is 448 g/mol. The van der Waals surface area contributed by atoms with E-state index in [1.807, 2.05) is 35.1 Å². The first-order chi connectivity index (χ1) is 12.6. The second-order valence-corrected chi connectivity index (χ2v) is 8.35. The molecule has 0 atom stereocenters. The predicted octanol–water partition coefficient (Wildman–Crippen LogP) is 5.05. The zero-order valence-corrected chi connectivity index (χ0v) is 17.2. The molecular formula is C17H14BrN5OS2. The van der Waals surface area contributed by atoms with Crippen molar-refractivity contribution >= 4 is 39.0 Å². The summed E-state index contributed by atoms with van der Waals surface area (Å²) < 4.78 is 8.44. The highest BCUT2D eigenvalue weighted by Crippen LogP contribution is 2.30. The molecule has 9 heteroatoms. The average Bonchev–Trinajstić information content (AvgIpc) is 3.34. The molecule has 0 N–H and O–H groups in total. The Balaban J connectivity index is 1.55. The Hall–Kier alpha value is -1.97. The summed E-state index contributed by atoms with van der Waals surface area (Å²) in [5.74, 6) is 2.54. The lowest BCUT2D eigenvalue weighted by molar-refractivity contribution is 0.391. The van der Waals surface area contributed by atoms with Gasteiger partial charge in [0.25, 0.3) is 0 Å². The van der Waals surface area contributed by atoms with Crippen LogP contribution >= 0.6 is 39.0 Å². The van der Waals surface area contributed by atoms with Crippen LogP contribution < -0.4 is 0 Å². The van der Waals surface area contributed by atoms with Crippen molar-refractivity contribution in [1.29, 1.82) is 0 Å². The van der Waals surface area contributed by atoms with E-state index in [1.165, 1.54) is 17.3 Å². The number of para-hydroxylation sites is 1. The van der Waals surface area contributed by atoms with Crippen LogP contribution in [0.5, 0.6) is 0 Å². The lowest BCUT2D eigenvalue weighted by Gasteiger charge is -2.10. The number of halogens is 1. The molecule has 0 amide bonds. The van der Waals surface area contributed by atoms with Gasteiger partial charge in [-0.15, -0.1) is 21.5 Å². The Morgan fingerprint density at radius 3 is 2.85 bits per heavy atom. The maximum atomic E-state index is 5.38. The molecule has 0 spiro atoms. The maximum absolute atomic E-state index is 5.38. The number of nitrogens with zero attached hydrogens (tertiary/aromatic N) is 5. The monoisotopic (exact) mass is 447 g/mol. The van der Waals surface area contributed by atoms with Gasteiger partial charge in [-0.25, -0.2) is 0 Å². The van der Waals surface area contributed by atoms with Crippen molar-refractivity contribution in [2.75, 3.05) is 0 Å². The molecule has 0 unspecified atom stereocenters. The van der Waals surface area contributed by atoms with Crippen LogP contribution in [0.2, 0.25) is 0 Å². The van der Waals surface area contributed by atoms with Crippen molar-refractivity contribution in [2.24, 2.45) is 0 Å². The summed E-state index contributed by atoms with van der Waals surface area (Å²) in [6.45, 7) is 4.02. The summed E-state index contributed by atoms with van der Waals surface area (Å²) in [6.07, 6.45) is 0. The van der Waals surface area contributed by atoms with Crippen LogP contribution in [0, 0.1) is 13.8 Å². The highest BCUT2D eigenvalue weighted by Gasteiger charge is 2.16. The molecule has 0 radical (unpaired) electrons. The predicted molar refractivity (Wildman–Crippen MR) is 106 cm³/mol. The second-order valence-electron chi connectivity index (χ2n) is 5.58. The first kappa shape index (κ1) is 17.4. The molecule has 6 nitrogen and oxygen atoms in total. The number of aromatic nitrogens is 5. The van der Waals surface area contributed by atoms with Crippen LogP contribution in [0.4, 0.5) is 0 Å². The topological polar surface area (TPSA) is 69.6 Å². The largest absolute Gasteiger partial charge is 0.338 e. The summed E-state index contributed by atoms with van der Waals surface area (Å²) >= 11 is 6.53. The standard InChI is InChI=1S/C17H14BrN5OS2/c1-10-5-3-4-6-13(10)23-11(2)20-21-17(23)26-9-15-19-16(22-24-15)14-7-12(18)8-25-14/h3-8H,9H2,1-2H3. The highest BCUT2D eigenvalue weighted by molar-refractivity contribution is 9.10. The molecule has 3 heterocycles. The number of thiophene rings is 1. The lowest BCUT2D eigenvalue weighted by Crippen LogP contribution is -2.01. The maximum Gasteiger partial charge on any atom is 0.237 e. The normalized spacial score (nSPS) is 11.2. The molecule has 4 aromatic rings. The summed E-state index contributed by atoms with van der Waals surface area (Å²) in [7, 11) is 0. The first-order valence-electron chi connectivity index (χ1n) is 7.79. The van der Waals surface area contributed by atoms with Gasteiger partial charge in [-0.3, -0.25) is 4.57 Å². The highest BCUT2D eigenvalue weighted by atomic mass is 79.9. The van der Waals surface area contributed by atoms with Gasteiger partial charge < -0.3 is 4.52 Å². The molecule has 0 bridgehead atoms. The molecule has 0 aliphatic rings. The number of hydrogen-bond donors (Lipinski definition) is 0. The zero-order chi connectivity index (χ0) is 18.1. The Morgan fingerprint density at radius 1 is 1.23 bits per heavy atom. The minimum atomic E-state index is 0.531. The number of benzene rings is 1. The van der Waals surface area contributed by atoms with Crippen molar-refractivity contribution in [1.82, 2.24) is 24.9 Å². The molecule has 0 aliphatic carbocycles. The molecule has 0 fully saturated rings. The van der Waals surface area contributed by atoms with E-state index in [0.29, 0.717) is 17.5 Å².